The van der Waals surface area contributed by atoms with Crippen molar-refractivity contribution < 1.29 is 17.9 Å². The van der Waals surface area contributed by atoms with Gasteiger partial charge in [-0.1, -0.05) is 65.0 Å². The van der Waals surface area contributed by atoms with Gasteiger partial charge in [0, 0.05) is 12.0 Å². The lowest BCUT2D eigenvalue weighted by atomic mass is 9.83. The van der Waals surface area contributed by atoms with Crippen molar-refractivity contribution in [2.45, 2.75) is 70.9 Å². The number of benzene rings is 2. The molecule has 2 aromatic rings. The number of nitrogens with zero attached hydrogens (tertiary/aromatic N) is 1. The Morgan fingerprint density at radius 3 is 2.24 bits per heavy atom. The molecule has 1 aliphatic rings. The van der Waals surface area contributed by atoms with Crippen molar-refractivity contribution in [2.75, 3.05) is 17.1 Å². The fraction of sp³-hybridized carbons (Fsp3) is 0.500. The van der Waals surface area contributed by atoms with E-state index in [1.807, 2.05) is 36.4 Å². The summed E-state index contributed by atoms with van der Waals surface area (Å²) in [5.41, 5.74) is 2.09. The number of hydrogen-bond acceptors (Lipinski definition) is 4. The monoisotopic (exact) mass is 472 g/mol. The average molecular weight is 473 g/mol. The van der Waals surface area contributed by atoms with E-state index in [1.54, 1.807) is 12.1 Å². The van der Waals surface area contributed by atoms with Gasteiger partial charge in [0.05, 0.1) is 18.0 Å². The molecule has 33 heavy (non-hydrogen) atoms. The van der Waals surface area contributed by atoms with E-state index in [2.05, 4.69) is 39.9 Å². The zero-order valence-corrected chi connectivity index (χ0v) is 21.3. The van der Waals surface area contributed by atoms with Crippen LogP contribution >= 0.6 is 0 Å². The van der Waals surface area contributed by atoms with Crippen LogP contribution in [-0.2, 0) is 20.2 Å². The number of rotatable bonds is 7. The number of para-hydroxylation sites is 1. The van der Waals surface area contributed by atoms with E-state index in [1.165, 1.54) is 0 Å². The second-order valence-corrected chi connectivity index (χ2v) is 11.8. The number of nitrogens with one attached hydrogen (secondary N) is 1. The van der Waals surface area contributed by atoms with Crippen molar-refractivity contribution >= 4 is 21.6 Å². The van der Waals surface area contributed by atoms with Crippen molar-refractivity contribution in [3.05, 3.63) is 59.7 Å². The van der Waals surface area contributed by atoms with Crippen molar-refractivity contribution in [1.82, 2.24) is 5.32 Å². The van der Waals surface area contributed by atoms with Crippen LogP contribution in [0, 0.1) is 0 Å². The summed E-state index contributed by atoms with van der Waals surface area (Å²) >= 11 is 0. The molecule has 1 aliphatic heterocycles. The summed E-state index contributed by atoms with van der Waals surface area (Å²) in [5, 5.41) is 3.08. The molecule has 0 spiro atoms. The molecule has 1 amide bonds. The molecule has 3 rings (SSSR count). The van der Waals surface area contributed by atoms with E-state index in [4.69, 9.17) is 4.74 Å². The van der Waals surface area contributed by atoms with Crippen LogP contribution in [-0.4, -0.2) is 32.7 Å². The van der Waals surface area contributed by atoms with Crippen LogP contribution in [0.2, 0.25) is 0 Å². The lowest BCUT2D eigenvalue weighted by Crippen LogP contribution is -2.47. The van der Waals surface area contributed by atoms with Crippen LogP contribution in [0.4, 0.5) is 5.69 Å². The second kappa shape index (κ2) is 9.37. The van der Waals surface area contributed by atoms with Crippen molar-refractivity contribution in [1.29, 1.82) is 0 Å². The summed E-state index contributed by atoms with van der Waals surface area (Å²) in [6, 6.07) is 14.8. The number of anilines is 1. The highest BCUT2D eigenvalue weighted by molar-refractivity contribution is 7.92. The Hall–Kier alpha value is -2.54. The van der Waals surface area contributed by atoms with E-state index in [0.29, 0.717) is 12.1 Å². The van der Waals surface area contributed by atoms with Crippen molar-refractivity contribution in [3.8, 4) is 5.75 Å². The lowest BCUT2D eigenvalue weighted by molar-refractivity contribution is -0.121. The quantitative estimate of drug-likeness (QED) is 0.619. The maximum atomic E-state index is 13.1. The van der Waals surface area contributed by atoms with Gasteiger partial charge in [0.15, 0.2) is 0 Å². The predicted molar refractivity (Wildman–Crippen MR) is 133 cm³/mol. The molecule has 1 N–H and O–H groups in total. The first-order valence-corrected chi connectivity index (χ1v) is 13.4. The third-order valence-corrected chi connectivity index (χ3v) is 7.67. The molecule has 1 atom stereocenters. The smallest absolute Gasteiger partial charge is 0.241 e. The van der Waals surface area contributed by atoms with E-state index in [-0.39, 0.29) is 29.5 Å². The van der Waals surface area contributed by atoms with Crippen LogP contribution < -0.4 is 14.4 Å². The fourth-order valence-corrected chi connectivity index (χ4v) is 5.18. The van der Waals surface area contributed by atoms with Gasteiger partial charge in [0.1, 0.15) is 17.9 Å². The van der Waals surface area contributed by atoms with Gasteiger partial charge in [-0.3, -0.25) is 9.10 Å². The standard InChI is InChI=1S/C26H36N2O4S/c1-7-26(8-2)17-22(21-11-9-10-12-23(21)32-26)27-24(29)18-28(33(6,30)31)20-15-13-19(14-16-20)25(3,4)5/h9-16,22H,7-8,17-18H2,1-6H3,(H,27,29)/t22-/m0/s1. The Bertz CT molecular complexity index is 1080. The molecule has 0 unspecified atom stereocenters. The Morgan fingerprint density at radius 1 is 1.09 bits per heavy atom. The van der Waals surface area contributed by atoms with Gasteiger partial charge in [-0.2, -0.15) is 0 Å². The van der Waals surface area contributed by atoms with Crippen LogP contribution in [0.15, 0.2) is 48.5 Å². The number of carbonyl (C=O) groups is 1. The summed E-state index contributed by atoms with van der Waals surface area (Å²) in [4.78, 5) is 13.1. The number of carbonyl (C=O) groups excluding carboxylic acids is 1. The Kier molecular flexibility index (Phi) is 7.13. The summed E-state index contributed by atoms with van der Waals surface area (Å²) in [6.45, 7) is 10.2. The summed E-state index contributed by atoms with van der Waals surface area (Å²) in [6.07, 6.45) is 3.41. The zero-order chi connectivity index (χ0) is 24.4. The molecule has 0 aliphatic carbocycles. The maximum absolute atomic E-state index is 13.1. The highest BCUT2D eigenvalue weighted by atomic mass is 32.2. The maximum Gasteiger partial charge on any atom is 0.241 e. The molecule has 0 aromatic heterocycles. The molecule has 2 aromatic carbocycles. The van der Waals surface area contributed by atoms with Crippen LogP contribution in [0.25, 0.3) is 0 Å². The third-order valence-electron chi connectivity index (χ3n) is 6.53. The number of sulfonamides is 1. The molecule has 0 saturated heterocycles. The summed E-state index contributed by atoms with van der Waals surface area (Å²) in [5.74, 6) is 0.429. The van der Waals surface area contributed by atoms with E-state index in [9.17, 15) is 13.2 Å². The first kappa shape index (κ1) is 25.1. The van der Waals surface area contributed by atoms with Crippen molar-refractivity contribution in [3.63, 3.8) is 0 Å². The fourth-order valence-electron chi connectivity index (χ4n) is 4.33. The average Bonchev–Trinajstić information content (AvgIpc) is 2.76. The topological polar surface area (TPSA) is 75.7 Å². The summed E-state index contributed by atoms with van der Waals surface area (Å²) < 4.78 is 32.6. The minimum absolute atomic E-state index is 0.0483. The van der Waals surface area contributed by atoms with Gasteiger partial charge < -0.3 is 10.1 Å². The van der Waals surface area contributed by atoms with Crippen LogP contribution in [0.3, 0.4) is 0 Å². The first-order valence-electron chi connectivity index (χ1n) is 11.5. The largest absolute Gasteiger partial charge is 0.487 e. The molecule has 180 valence electrons. The lowest BCUT2D eigenvalue weighted by Gasteiger charge is -2.41. The highest BCUT2D eigenvalue weighted by Gasteiger charge is 2.39. The van der Waals surface area contributed by atoms with Gasteiger partial charge in [-0.25, -0.2) is 8.42 Å². The number of amides is 1. The Morgan fingerprint density at radius 2 is 1.70 bits per heavy atom. The molecule has 0 saturated carbocycles. The van der Waals surface area contributed by atoms with Gasteiger partial charge >= 0.3 is 0 Å². The Balaban J connectivity index is 1.84. The number of ether oxygens (including phenoxy) is 1. The molecule has 6 nitrogen and oxygen atoms in total. The number of fused-ring (bicyclic) bond motifs is 1. The molecule has 0 bridgehead atoms. The predicted octanol–water partition coefficient (Wildman–Crippen LogP) is 4.95. The molecule has 0 radical (unpaired) electrons. The van der Waals surface area contributed by atoms with E-state index in [0.717, 1.165) is 40.3 Å². The molecular weight excluding hydrogens is 436 g/mol. The molecular formula is C26H36N2O4S. The second-order valence-electron chi connectivity index (χ2n) is 9.92. The molecule has 7 heteroatoms. The highest BCUT2D eigenvalue weighted by Crippen LogP contribution is 2.42. The zero-order valence-electron chi connectivity index (χ0n) is 20.5. The molecule has 0 fully saturated rings. The Labute approximate surface area is 198 Å². The SMILES string of the molecule is CCC1(CC)C[C@H](NC(=O)CN(c2ccc(C(C)(C)C)cc2)S(C)(=O)=O)c2ccccc2O1. The number of hydrogen-bond donors (Lipinski definition) is 1. The minimum Gasteiger partial charge on any atom is -0.487 e. The third kappa shape index (κ3) is 5.69. The van der Waals surface area contributed by atoms with Crippen LogP contribution in [0.5, 0.6) is 5.75 Å². The van der Waals surface area contributed by atoms with Crippen molar-refractivity contribution in [2.24, 2.45) is 0 Å². The van der Waals surface area contributed by atoms with Gasteiger partial charge in [-0.15, -0.1) is 0 Å². The van der Waals surface area contributed by atoms with E-state index >= 15 is 0 Å². The molecule has 1 heterocycles. The van der Waals surface area contributed by atoms with Crippen LogP contribution in [0.1, 0.15) is 71.0 Å². The summed E-state index contributed by atoms with van der Waals surface area (Å²) in [7, 11) is -3.65. The first-order chi connectivity index (χ1) is 15.4. The van der Waals surface area contributed by atoms with Gasteiger partial charge in [-0.05, 0) is 42.0 Å². The van der Waals surface area contributed by atoms with Gasteiger partial charge in [0.25, 0.3) is 0 Å². The minimum atomic E-state index is -3.65. The van der Waals surface area contributed by atoms with E-state index < -0.39 is 10.0 Å². The van der Waals surface area contributed by atoms with Gasteiger partial charge in [0.2, 0.25) is 15.9 Å². The normalized spacial score (nSPS) is 17.6.